The number of ether oxygens (including phenoxy) is 1. The van der Waals surface area contributed by atoms with Crippen LogP contribution < -0.4 is 10.1 Å². The lowest BCUT2D eigenvalue weighted by Crippen LogP contribution is -2.13. The third kappa shape index (κ3) is 3.31. The first kappa shape index (κ1) is 18.1. The standard InChI is InChI=1S/C19H14F2N4O2S/c1-10-3-4-16(27-2)15(7-10)25-6-5-13(24-25)18(26)23-19-22-14-8-11(20)12(21)9-17(14)28-19/h3-9H,1-2H3,(H,22,23,26). The van der Waals surface area contributed by atoms with Crippen molar-refractivity contribution in [2.45, 2.75) is 6.92 Å². The van der Waals surface area contributed by atoms with Gasteiger partial charge in [-0.1, -0.05) is 17.4 Å². The van der Waals surface area contributed by atoms with Crippen LogP contribution in [0.1, 0.15) is 16.1 Å². The number of methoxy groups -OCH3 is 1. The quantitative estimate of drug-likeness (QED) is 0.554. The number of halogens is 2. The van der Waals surface area contributed by atoms with E-state index in [4.69, 9.17) is 4.74 Å². The molecule has 2 aromatic carbocycles. The van der Waals surface area contributed by atoms with E-state index in [1.165, 1.54) is 0 Å². The van der Waals surface area contributed by atoms with Gasteiger partial charge in [0.05, 0.1) is 17.3 Å². The zero-order valence-electron chi connectivity index (χ0n) is 14.9. The zero-order valence-corrected chi connectivity index (χ0v) is 15.7. The van der Waals surface area contributed by atoms with E-state index < -0.39 is 17.5 Å². The molecule has 0 bridgehead atoms. The molecule has 2 aromatic heterocycles. The molecule has 0 saturated carbocycles. The molecule has 0 atom stereocenters. The number of hydrogen-bond donors (Lipinski definition) is 1. The number of carbonyl (C=O) groups excluding carboxylic acids is 1. The molecule has 0 aliphatic rings. The van der Waals surface area contributed by atoms with Crippen LogP contribution in [0.25, 0.3) is 15.9 Å². The second-order valence-electron chi connectivity index (χ2n) is 6.03. The van der Waals surface area contributed by atoms with Crippen molar-refractivity contribution in [1.29, 1.82) is 0 Å². The predicted molar refractivity (Wildman–Crippen MR) is 102 cm³/mol. The van der Waals surface area contributed by atoms with Gasteiger partial charge >= 0.3 is 0 Å². The fourth-order valence-corrected chi connectivity index (χ4v) is 3.56. The number of hydrogen-bond acceptors (Lipinski definition) is 5. The summed E-state index contributed by atoms with van der Waals surface area (Å²) < 4.78 is 34.0. The van der Waals surface area contributed by atoms with Gasteiger partial charge in [-0.15, -0.1) is 0 Å². The van der Waals surface area contributed by atoms with Crippen LogP contribution >= 0.6 is 11.3 Å². The van der Waals surface area contributed by atoms with Gasteiger partial charge in [0.1, 0.15) is 11.4 Å². The van der Waals surface area contributed by atoms with Crippen molar-refractivity contribution in [1.82, 2.24) is 14.8 Å². The fourth-order valence-electron chi connectivity index (χ4n) is 2.70. The number of benzene rings is 2. The molecule has 6 nitrogen and oxygen atoms in total. The van der Waals surface area contributed by atoms with Crippen molar-refractivity contribution in [3.8, 4) is 11.4 Å². The van der Waals surface area contributed by atoms with Crippen LogP contribution in [-0.2, 0) is 0 Å². The van der Waals surface area contributed by atoms with E-state index in [9.17, 15) is 13.6 Å². The maximum Gasteiger partial charge on any atom is 0.277 e. The Labute approximate surface area is 162 Å². The normalized spacial score (nSPS) is 11.0. The van der Waals surface area contributed by atoms with E-state index in [2.05, 4.69) is 15.4 Å². The highest BCUT2D eigenvalue weighted by atomic mass is 32.1. The topological polar surface area (TPSA) is 69.0 Å². The van der Waals surface area contributed by atoms with Gasteiger partial charge in [-0.2, -0.15) is 5.10 Å². The molecule has 142 valence electrons. The largest absolute Gasteiger partial charge is 0.494 e. The van der Waals surface area contributed by atoms with E-state index in [0.717, 1.165) is 29.0 Å². The summed E-state index contributed by atoms with van der Waals surface area (Å²) in [7, 11) is 1.56. The summed E-state index contributed by atoms with van der Waals surface area (Å²) in [6, 6.07) is 9.24. The van der Waals surface area contributed by atoms with E-state index in [0.29, 0.717) is 16.1 Å². The third-order valence-electron chi connectivity index (χ3n) is 4.05. The molecule has 0 aliphatic carbocycles. The summed E-state index contributed by atoms with van der Waals surface area (Å²) in [4.78, 5) is 16.6. The first-order chi connectivity index (χ1) is 13.4. The van der Waals surface area contributed by atoms with Gasteiger partial charge in [0.2, 0.25) is 0 Å². The minimum atomic E-state index is -0.985. The highest BCUT2D eigenvalue weighted by Gasteiger charge is 2.16. The maximum absolute atomic E-state index is 13.3. The minimum Gasteiger partial charge on any atom is -0.494 e. The Balaban J connectivity index is 1.59. The third-order valence-corrected chi connectivity index (χ3v) is 4.99. The number of nitrogens with zero attached hydrogens (tertiary/aromatic N) is 3. The number of amides is 1. The molecule has 0 radical (unpaired) electrons. The molecular formula is C19H14F2N4O2S. The molecule has 0 aliphatic heterocycles. The van der Waals surface area contributed by atoms with E-state index >= 15 is 0 Å². The number of rotatable bonds is 4. The van der Waals surface area contributed by atoms with Gasteiger partial charge in [0.25, 0.3) is 5.91 Å². The minimum absolute atomic E-state index is 0.167. The number of aryl methyl sites for hydroxylation is 1. The van der Waals surface area contributed by atoms with Gasteiger partial charge in [-0.05, 0) is 36.8 Å². The van der Waals surface area contributed by atoms with Crippen LogP contribution in [0.4, 0.5) is 13.9 Å². The number of carbonyl (C=O) groups is 1. The summed E-state index contributed by atoms with van der Waals surface area (Å²) >= 11 is 1.05. The van der Waals surface area contributed by atoms with Gasteiger partial charge in [-0.3, -0.25) is 10.1 Å². The predicted octanol–water partition coefficient (Wildman–Crippen LogP) is 4.33. The van der Waals surface area contributed by atoms with Crippen LogP contribution in [-0.4, -0.2) is 27.8 Å². The number of aromatic nitrogens is 3. The van der Waals surface area contributed by atoms with Crippen LogP contribution in [0, 0.1) is 18.6 Å². The Bertz CT molecular complexity index is 1160. The molecule has 1 N–H and O–H groups in total. The lowest BCUT2D eigenvalue weighted by atomic mass is 10.2. The maximum atomic E-state index is 13.3. The van der Waals surface area contributed by atoms with Crippen molar-refractivity contribution in [3.63, 3.8) is 0 Å². The number of thiazole rings is 1. The Morgan fingerprint density at radius 3 is 2.75 bits per heavy atom. The van der Waals surface area contributed by atoms with Gasteiger partial charge < -0.3 is 4.74 Å². The summed E-state index contributed by atoms with van der Waals surface area (Å²) in [5, 5.41) is 7.13. The lowest BCUT2D eigenvalue weighted by molar-refractivity contribution is 0.102. The average Bonchev–Trinajstić information content (AvgIpc) is 3.29. The summed E-state index contributed by atoms with van der Waals surface area (Å²) in [5.41, 5.74) is 2.16. The van der Waals surface area contributed by atoms with Crippen molar-refractivity contribution in [2.24, 2.45) is 0 Å². The smallest absolute Gasteiger partial charge is 0.277 e. The highest BCUT2D eigenvalue weighted by molar-refractivity contribution is 7.22. The van der Waals surface area contributed by atoms with E-state index in [1.54, 1.807) is 24.1 Å². The number of anilines is 1. The van der Waals surface area contributed by atoms with Crippen molar-refractivity contribution < 1.29 is 18.3 Å². The van der Waals surface area contributed by atoms with Crippen molar-refractivity contribution >= 4 is 32.6 Å². The van der Waals surface area contributed by atoms with Crippen LogP contribution in [0.5, 0.6) is 5.75 Å². The van der Waals surface area contributed by atoms with E-state index in [-0.39, 0.29) is 16.3 Å². The number of fused-ring (bicyclic) bond motifs is 1. The molecule has 4 aromatic rings. The Morgan fingerprint density at radius 1 is 1.18 bits per heavy atom. The summed E-state index contributed by atoms with van der Waals surface area (Å²) in [6.07, 6.45) is 1.65. The van der Waals surface area contributed by atoms with Crippen molar-refractivity contribution in [3.05, 3.63) is 65.5 Å². The molecule has 28 heavy (non-hydrogen) atoms. The Kier molecular flexibility index (Phi) is 4.52. The molecule has 1 amide bonds. The fraction of sp³-hybridized carbons (Fsp3) is 0.105. The molecule has 4 rings (SSSR count). The van der Waals surface area contributed by atoms with Crippen LogP contribution in [0.3, 0.4) is 0 Å². The lowest BCUT2D eigenvalue weighted by Gasteiger charge is -2.09. The molecule has 9 heteroatoms. The molecule has 0 fully saturated rings. The van der Waals surface area contributed by atoms with Gasteiger partial charge in [-0.25, -0.2) is 18.4 Å². The Hall–Kier alpha value is -3.33. The molecular weight excluding hydrogens is 386 g/mol. The van der Waals surface area contributed by atoms with Crippen molar-refractivity contribution in [2.75, 3.05) is 12.4 Å². The van der Waals surface area contributed by atoms with E-state index in [1.807, 2.05) is 25.1 Å². The second-order valence-corrected chi connectivity index (χ2v) is 7.06. The first-order valence-corrected chi connectivity index (χ1v) is 9.04. The SMILES string of the molecule is COc1ccc(C)cc1-n1ccc(C(=O)Nc2nc3cc(F)c(F)cc3s2)n1. The van der Waals surface area contributed by atoms with Crippen LogP contribution in [0.15, 0.2) is 42.6 Å². The second kappa shape index (κ2) is 7.01. The first-order valence-electron chi connectivity index (χ1n) is 8.22. The summed E-state index contributed by atoms with van der Waals surface area (Å²) in [5.74, 6) is -1.80. The molecule has 2 heterocycles. The highest BCUT2D eigenvalue weighted by Crippen LogP contribution is 2.28. The molecule has 0 saturated heterocycles. The van der Waals surface area contributed by atoms with Crippen LogP contribution in [0.2, 0.25) is 0 Å². The number of nitrogens with one attached hydrogen (secondary N) is 1. The molecule has 0 unspecified atom stereocenters. The van der Waals surface area contributed by atoms with Gasteiger partial charge in [0.15, 0.2) is 22.5 Å². The monoisotopic (exact) mass is 400 g/mol. The summed E-state index contributed by atoms with van der Waals surface area (Å²) in [6.45, 7) is 1.94. The van der Waals surface area contributed by atoms with Gasteiger partial charge in [0, 0.05) is 12.3 Å². The Morgan fingerprint density at radius 2 is 1.96 bits per heavy atom. The molecule has 0 spiro atoms. The average molecular weight is 400 g/mol. The zero-order chi connectivity index (χ0) is 19.8.